The predicted molar refractivity (Wildman–Crippen MR) is 95.0 cm³/mol. The Morgan fingerprint density at radius 3 is 2.81 bits per heavy atom. The van der Waals surface area contributed by atoms with Crippen molar-refractivity contribution in [2.45, 2.75) is 45.6 Å². The van der Waals surface area contributed by atoms with E-state index in [0.717, 1.165) is 5.57 Å². The summed E-state index contributed by atoms with van der Waals surface area (Å²) in [7, 11) is 0. The van der Waals surface area contributed by atoms with E-state index >= 15 is 0 Å². The summed E-state index contributed by atoms with van der Waals surface area (Å²) < 4.78 is 10.7. The highest BCUT2D eigenvalue weighted by Gasteiger charge is 2.39. The van der Waals surface area contributed by atoms with E-state index in [-0.39, 0.29) is 42.9 Å². The van der Waals surface area contributed by atoms with E-state index in [1.165, 1.54) is 0 Å². The maximum atomic E-state index is 12.3. The summed E-state index contributed by atoms with van der Waals surface area (Å²) in [5.74, 6) is -1.25. The highest BCUT2D eigenvalue weighted by Crippen LogP contribution is 2.33. The molecule has 0 aromatic carbocycles. The van der Waals surface area contributed by atoms with E-state index in [0.29, 0.717) is 24.8 Å². The number of aliphatic hydroxyl groups excluding tert-OH is 1. The maximum absolute atomic E-state index is 12.3. The van der Waals surface area contributed by atoms with Gasteiger partial charge in [-0.05, 0) is 30.4 Å². The molecular formula is C20H26O6. The van der Waals surface area contributed by atoms with Gasteiger partial charge < -0.3 is 14.6 Å². The fourth-order valence-electron chi connectivity index (χ4n) is 3.05. The number of allylic oxidation sites excluding steroid dienone is 1. The Bertz CT molecular complexity index is 655. The van der Waals surface area contributed by atoms with Crippen molar-refractivity contribution in [3.8, 4) is 0 Å². The second kappa shape index (κ2) is 8.94. The van der Waals surface area contributed by atoms with Gasteiger partial charge in [-0.2, -0.15) is 0 Å². The fraction of sp³-hybridized carbons (Fsp3) is 0.550. The van der Waals surface area contributed by atoms with Crippen LogP contribution in [-0.4, -0.2) is 42.1 Å². The van der Waals surface area contributed by atoms with E-state index in [2.05, 4.69) is 6.58 Å². The van der Waals surface area contributed by atoms with Gasteiger partial charge in [-0.1, -0.05) is 26.5 Å². The molecule has 0 spiro atoms. The first-order valence-electron chi connectivity index (χ1n) is 8.89. The van der Waals surface area contributed by atoms with Crippen LogP contribution in [0.5, 0.6) is 0 Å². The number of ketones is 1. The zero-order valence-corrected chi connectivity index (χ0v) is 15.3. The summed E-state index contributed by atoms with van der Waals surface area (Å²) in [6, 6.07) is 0. The van der Waals surface area contributed by atoms with Gasteiger partial charge in [-0.15, -0.1) is 0 Å². The fourth-order valence-corrected chi connectivity index (χ4v) is 3.05. The normalized spacial score (nSPS) is 27.9. The van der Waals surface area contributed by atoms with Gasteiger partial charge in [0.2, 0.25) is 0 Å². The van der Waals surface area contributed by atoms with Crippen molar-refractivity contribution in [2.24, 2.45) is 11.8 Å². The molecule has 2 rings (SSSR count). The lowest BCUT2D eigenvalue weighted by molar-refractivity contribution is -0.143. The van der Waals surface area contributed by atoms with Crippen LogP contribution in [0.1, 0.15) is 39.5 Å². The van der Waals surface area contributed by atoms with Gasteiger partial charge in [-0.25, -0.2) is 4.79 Å². The van der Waals surface area contributed by atoms with Crippen molar-refractivity contribution in [3.05, 3.63) is 35.5 Å². The van der Waals surface area contributed by atoms with Gasteiger partial charge in [0.15, 0.2) is 5.78 Å². The molecule has 1 saturated heterocycles. The van der Waals surface area contributed by atoms with Crippen LogP contribution in [0.15, 0.2) is 35.5 Å². The molecule has 1 aliphatic heterocycles. The third-order valence-electron chi connectivity index (χ3n) is 4.53. The molecule has 0 radical (unpaired) electrons. The van der Waals surface area contributed by atoms with Gasteiger partial charge in [0.1, 0.15) is 12.7 Å². The number of carbonyl (C=O) groups is 3. The molecule has 26 heavy (non-hydrogen) atoms. The first-order valence-corrected chi connectivity index (χ1v) is 8.89. The molecule has 1 heterocycles. The first kappa shape index (κ1) is 20.1. The third-order valence-corrected chi connectivity index (χ3v) is 4.53. The average molecular weight is 362 g/mol. The number of carbonyl (C=O) groups excluding carboxylic acids is 3. The van der Waals surface area contributed by atoms with Crippen molar-refractivity contribution in [1.82, 2.24) is 0 Å². The Hall–Kier alpha value is -2.21. The summed E-state index contributed by atoms with van der Waals surface area (Å²) in [5.41, 5.74) is 1.41. The number of aliphatic hydroxyl groups is 1. The lowest BCUT2D eigenvalue weighted by Crippen LogP contribution is -2.22. The van der Waals surface area contributed by atoms with Gasteiger partial charge in [0.25, 0.3) is 0 Å². The van der Waals surface area contributed by atoms with E-state index < -0.39 is 18.0 Å². The molecule has 0 unspecified atom stereocenters. The van der Waals surface area contributed by atoms with Crippen LogP contribution in [0.3, 0.4) is 0 Å². The topological polar surface area (TPSA) is 89.9 Å². The van der Waals surface area contributed by atoms with Crippen molar-refractivity contribution in [1.29, 1.82) is 0 Å². The number of hydrogen-bond donors (Lipinski definition) is 1. The lowest BCUT2D eigenvalue weighted by atomic mass is 9.87. The lowest BCUT2D eigenvalue weighted by Gasteiger charge is -2.18. The molecule has 0 bridgehead atoms. The Morgan fingerprint density at radius 2 is 2.15 bits per heavy atom. The Morgan fingerprint density at radius 1 is 1.42 bits per heavy atom. The first-order chi connectivity index (χ1) is 12.3. The molecule has 0 saturated carbocycles. The zero-order valence-electron chi connectivity index (χ0n) is 15.3. The summed E-state index contributed by atoms with van der Waals surface area (Å²) in [5, 5.41) is 9.43. The Kier molecular flexibility index (Phi) is 6.91. The molecule has 1 aliphatic carbocycles. The van der Waals surface area contributed by atoms with Crippen molar-refractivity contribution in [3.63, 3.8) is 0 Å². The zero-order chi connectivity index (χ0) is 19.3. The number of esters is 2. The Balaban J connectivity index is 2.19. The quantitative estimate of drug-likeness (QED) is 0.458. The SMILES string of the molecule is C=C1C(=O)O[C@@H]2/C=C(\COC(=O)CC(C)C)CC/C=C(\CO)C(=O)C[C@@H]12. The summed E-state index contributed by atoms with van der Waals surface area (Å²) in [6.07, 6.45) is 4.34. The maximum Gasteiger partial charge on any atom is 0.334 e. The average Bonchev–Trinajstić information content (AvgIpc) is 2.83. The molecule has 1 fully saturated rings. The molecule has 0 aromatic heterocycles. The van der Waals surface area contributed by atoms with E-state index in [9.17, 15) is 19.5 Å². The van der Waals surface area contributed by atoms with Crippen molar-refractivity contribution >= 4 is 17.7 Å². The van der Waals surface area contributed by atoms with Gasteiger partial charge in [-0.3, -0.25) is 9.59 Å². The summed E-state index contributed by atoms with van der Waals surface area (Å²) in [6.45, 7) is 7.39. The highest BCUT2D eigenvalue weighted by atomic mass is 16.6. The number of rotatable bonds is 5. The molecule has 6 nitrogen and oxygen atoms in total. The minimum Gasteiger partial charge on any atom is -0.461 e. The van der Waals surface area contributed by atoms with E-state index in [1.54, 1.807) is 12.2 Å². The second-order valence-electron chi connectivity index (χ2n) is 7.14. The van der Waals surface area contributed by atoms with Crippen LogP contribution >= 0.6 is 0 Å². The van der Waals surface area contributed by atoms with Crippen LogP contribution in [0, 0.1) is 11.8 Å². The van der Waals surface area contributed by atoms with Crippen LogP contribution in [-0.2, 0) is 23.9 Å². The largest absolute Gasteiger partial charge is 0.461 e. The second-order valence-corrected chi connectivity index (χ2v) is 7.14. The molecule has 0 amide bonds. The van der Waals surface area contributed by atoms with Crippen LogP contribution in [0.4, 0.5) is 0 Å². The molecule has 1 N–H and O–H groups in total. The highest BCUT2D eigenvalue weighted by molar-refractivity contribution is 5.98. The van der Waals surface area contributed by atoms with E-state index in [1.807, 2.05) is 13.8 Å². The number of ether oxygens (including phenoxy) is 2. The number of fused-ring (bicyclic) bond motifs is 1. The molecule has 142 valence electrons. The van der Waals surface area contributed by atoms with Crippen LogP contribution < -0.4 is 0 Å². The Labute approximate surface area is 153 Å². The van der Waals surface area contributed by atoms with E-state index in [4.69, 9.17) is 9.47 Å². The predicted octanol–water partition coefficient (Wildman–Crippen LogP) is 2.27. The van der Waals surface area contributed by atoms with Gasteiger partial charge in [0.05, 0.1) is 6.61 Å². The standard InChI is InChI=1S/C20H26O6/c1-12(2)7-19(23)25-11-14-5-4-6-15(10-21)17(22)9-16-13(3)20(24)26-18(16)8-14/h6,8,12,16,18,21H,3-5,7,9-11H2,1-2H3/b14-8-,15-6+/t16-,18+/m0/s1. The molecule has 6 heteroatoms. The van der Waals surface area contributed by atoms with Crippen LogP contribution in [0.2, 0.25) is 0 Å². The molecule has 0 aromatic rings. The number of Topliss-reactive ketones (excluding diaryl/α,β-unsaturated/α-hetero) is 1. The van der Waals surface area contributed by atoms with Gasteiger partial charge >= 0.3 is 11.9 Å². The summed E-state index contributed by atoms with van der Waals surface area (Å²) >= 11 is 0. The minimum absolute atomic E-state index is 0.0541. The summed E-state index contributed by atoms with van der Waals surface area (Å²) in [4.78, 5) is 36.0. The molecule has 2 atom stereocenters. The monoisotopic (exact) mass is 362 g/mol. The molecule has 2 aliphatic rings. The number of hydrogen-bond acceptors (Lipinski definition) is 6. The smallest absolute Gasteiger partial charge is 0.334 e. The van der Waals surface area contributed by atoms with Crippen LogP contribution in [0.25, 0.3) is 0 Å². The van der Waals surface area contributed by atoms with Gasteiger partial charge in [0, 0.05) is 29.9 Å². The minimum atomic E-state index is -0.601. The van der Waals surface area contributed by atoms with Crippen molar-refractivity contribution < 1.29 is 29.0 Å². The van der Waals surface area contributed by atoms with Crippen molar-refractivity contribution in [2.75, 3.05) is 13.2 Å². The third kappa shape index (κ3) is 5.14. The molecular weight excluding hydrogens is 336 g/mol.